The summed E-state index contributed by atoms with van der Waals surface area (Å²) in [6.07, 6.45) is 0. The van der Waals surface area contributed by atoms with Crippen LogP contribution in [0.4, 0.5) is 0 Å². The summed E-state index contributed by atoms with van der Waals surface area (Å²) in [4.78, 5) is 0. The maximum absolute atomic E-state index is 4.64. The minimum Gasteiger partial charge on any atom is -0.374 e. The third-order valence-corrected chi connectivity index (χ3v) is 1.58. The molecule has 0 aliphatic rings. The lowest BCUT2D eigenvalue weighted by molar-refractivity contribution is 0.229. The van der Waals surface area contributed by atoms with Crippen molar-refractivity contribution in [2.75, 3.05) is 0 Å². The molecule has 0 aromatic carbocycles. The van der Waals surface area contributed by atoms with Crippen molar-refractivity contribution in [3.63, 3.8) is 0 Å². The van der Waals surface area contributed by atoms with Crippen LogP contribution in [0.3, 0.4) is 0 Å². The third kappa shape index (κ3) is 1.32. The molecule has 1 radical (unpaired) electrons. The largest absolute Gasteiger partial charge is 0.374 e. The summed E-state index contributed by atoms with van der Waals surface area (Å²) in [5.74, 6) is 0. The van der Waals surface area contributed by atoms with Crippen LogP contribution in [0.2, 0.25) is 0 Å². The summed E-state index contributed by atoms with van der Waals surface area (Å²) in [6, 6.07) is 2.02. The fourth-order valence-electron chi connectivity index (χ4n) is 0.493. The lowest BCUT2D eigenvalue weighted by Crippen LogP contribution is -1.78. The molecule has 0 fully saturated rings. The third-order valence-electron chi connectivity index (χ3n) is 0.849. The van der Waals surface area contributed by atoms with Crippen LogP contribution in [0.25, 0.3) is 0 Å². The maximum atomic E-state index is 4.64. The summed E-state index contributed by atoms with van der Waals surface area (Å²) in [5, 5.41) is 4.07. The maximum Gasteiger partial charge on any atom is 0.0726 e. The van der Waals surface area contributed by atoms with Crippen molar-refractivity contribution in [3.8, 4) is 0 Å². The van der Waals surface area contributed by atoms with Gasteiger partial charge in [0.15, 0.2) is 0 Å². The summed E-state index contributed by atoms with van der Waals surface area (Å²) in [7, 11) is 3.27. The molecule has 1 nitrogen and oxygen atoms in total. The first-order valence-electron chi connectivity index (χ1n) is 2.31. The molecule has 0 bridgehead atoms. The van der Waals surface area contributed by atoms with E-state index in [1.54, 1.807) is 11.3 Å². The van der Waals surface area contributed by atoms with Crippen LogP contribution < -0.4 is 0 Å². The summed E-state index contributed by atoms with van der Waals surface area (Å²) in [6.45, 7) is 0.628. The van der Waals surface area contributed by atoms with Gasteiger partial charge in [-0.1, -0.05) is 0 Å². The van der Waals surface area contributed by atoms with Crippen LogP contribution in [0, 0.1) is 7.11 Å². The molecule has 0 aliphatic carbocycles. The topological polar surface area (TPSA) is 9.23 Å². The highest BCUT2D eigenvalue weighted by Crippen LogP contribution is 2.05. The smallest absolute Gasteiger partial charge is 0.0726 e. The van der Waals surface area contributed by atoms with E-state index in [1.807, 2.05) is 16.8 Å². The molecule has 0 N–H and O–H groups in total. The number of ether oxygens (including phenoxy) is 1. The average molecular weight is 127 g/mol. The Kier molecular flexibility index (Phi) is 2.06. The molecule has 8 heavy (non-hydrogen) atoms. The first-order chi connectivity index (χ1) is 3.93. The lowest BCUT2D eigenvalue weighted by Gasteiger charge is -1.88. The van der Waals surface area contributed by atoms with E-state index in [0.29, 0.717) is 6.61 Å². The second-order valence-corrected chi connectivity index (χ2v) is 2.26. The Balaban J connectivity index is 2.50. The molecular weight excluding hydrogens is 120 g/mol. The predicted octanol–water partition coefficient (Wildman–Crippen LogP) is 2.06. The molecule has 0 saturated carbocycles. The molecule has 1 aromatic heterocycles. The molecule has 1 heterocycles. The second-order valence-electron chi connectivity index (χ2n) is 1.48. The zero-order valence-electron chi connectivity index (χ0n) is 4.46. The standard InChI is InChI=1S/C6H7OS/c1-7-4-6-2-3-8-5-6/h2-3,5H,1,4H2. The highest BCUT2D eigenvalue weighted by Gasteiger charge is 1.86. The van der Waals surface area contributed by atoms with Gasteiger partial charge in [-0.15, -0.1) is 0 Å². The van der Waals surface area contributed by atoms with Crippen molar-refractivity contribution in [3.05, 3.63) is 29.5 Å². The molecular formula is C6H7OS. The fourth-order valence-corrected chi connectivity index (χ4v) is 1.15. The van der Waals surface area contributed by atoms with Crippen LogP contribution in [0.1, 0.15) is 5.56 Å². The normalized spacial score (nSPS) is 9.62. The van der Waals surface area contributed by atoms with Crippen molar-refractivity contribution < 1.29 is 4.74 Å². The monoisotopic (exact) mass is 127 g/mol. The minimum atomic E-state index is 0.628. The Morgan fingerprint density at radius 3 is 3.12 bits per heavy atom. The van der Waals surface area contributed by atoms with Crippen molar-refractivity contribution in [2.24, 2.45) is 0 Å². The van der Waals surface area contributed by atoms with Crippen LogP contribution in [-0.2, 0) is 11.3 Å². The van der Waals surface area contributed by atoms with Gasteiger partial charge in [0.2, 0.25) is 0 Å². The highest BCUT2D eigenvalue weighted by molar-refractivity contribution is 7.07. The van der Waals surface area contributed by atoms with Crippen molar-refractivity contribution in [1.82, 2.24) is 0 Å². The van der Waals surface area contributed by atoms with E-state index in [4.69, 9.17) is 0 Å². The Bertz CT molecular complexity index is 134. The Labute approximate surface area is 52.9 Å². The molecule has 1 rings (SSSR count). The van der Waals surface area contributed by atoms with Gasteiger partial charge in [-0.3, -0.25) is 0 Å². The van der Waals surface area contributed by atoms with Crippen molar-refractivity contribution >= 4 is 11.3 Å². The second kappa shape index (κ2) is 2.84. The van der Waals surface area contributed by atoms with Gasteiger partial charge in [-0.05, 0) is 22.4 Å². The van der Waals surface area contributed by atoms with Gasteiger partial charge >= 0.3 is 0 Å². The Morgan fingerprint density at radius 2 is 2.62 bits per heavy atom. The summed E-state index contributed by atoms with van der Waals surface area (Å²) >= 11 is 1.67. The van der Waals surface area contributed by atoms with Gasteiger partial charge < -0.3 is 4.74 Å². The summed E-state index contributed by atoms with van der Waals surface area (Å²) < 4.78 is 4.64. The molecule has 1 aromatic rings. The molecule has 0 atom stereocenters. The number of hydrogen-bond donors (Lipinski definition) is 0. The van der Waals surface area contributed by atoms with Crippen LogP contribution >= 0.6 is 11.3 Å². The van der Waals surface area contributed by atoms with E-state index >= 15 is 0 Å². The molecule has 43 valence electrons. The molecule has 0 spiro atoms. The van der Waals surface area contributed by atoms with Gasteiger partial charge in [0, 0.05) is 0 Å². The van der Waals surface area contributed by atoms with Gasteiger partial charge in [0.05, 0.1) is 13.7 Å². The number of hydrogen-bond acceptors (Lipinski definition) is 2. The van der Waals surface area contributed by atoms with Crippen LogP contribution in [-0.4, -0.2) is 0 Å². The quantitative estimate of drug-likeness (QED) is 0.590. The molecule has 0 saturated heterocycles. The first kappa shape index (κ1) is 5.79. The highest BCUT2D eigenvalue weighted by atomic mass is 32.1. The zero-order chi connectivity index (χ0) is 5.82. The number of thiophene rings is 1. The van der Waals surface area contributed by atoms with Gasteiger partial charge in [-0.25, -0.2) is 0 Å². The molecule has 0 aliphatic heterocycles. The molecule has 0 unspecified atom stereocenters. The van der Waals surface area contributed by atoms with Crippen LogP contribution in [0.15, 0.2) is 16.8 Å². The van der Waals surface area contributed by atoms with E-state index in [-0.39, 0.29) is 0 Å². The van der Waals surface area contributed by atoms with E-state index in [1.165, 1.54) is 5.56 Å². The first-order valence-corrected chi connectivity index (χ1v) is 3.26. The molecule has 0 amide bonds. The lowest BCUT2D eigenvalue weighted by atomic mass is 10.4. The van der Waals surface area contributed by atoms with E-state index in [2.05, 4.69) is 11.8 Å². The fraction of sp³-hybridized carbons (Fsp3) is 0.167. The van der Waals surface area contributed by atoms with Crippen LogP contribution in [0.5, 0.6) is 0 Å². The Morgan fingerprint density at radius 1 is 1.75 bits per heavy atom. The van der Waals surface area contributed by atoms with Crippen molar-refractivity contribution in [1.29, 1.82) is 0 Å². The SMILES string of the molecule is [CH2]OCc1ccsc1. The van der Waals surface area contributed by atoms with Gasteiger partial charge in [0.1, 0.15) is 0 Å². The van der Waals surface area contributed by atoms with E-state index in [0.717, 1.165) is 0 Å². The molecule has 2 heteroatoms. The number of rotatable bonds is 2. The van der Waals surface area contributed by atoms with E-state index in [9.17, 15) is 0 Å². The summed E-state index contributed by atoms with van der Waals surface area (Å²) in [5.41, 5.74) is 1.20. The van der Waals surface area contributed by atoms with Crippen molar-refractivity contribution in [2.45, 2.75) is 6.61 Å². The average Bonchev–Trinajstić information content (AvgIpc) is 2.19. The zero-order valence-corrected chi connectivity index (χ0v) is 5.28. The van der Waals surface area contributed by atoms with Gasteiger partial charge in [0.25, 0.3) is 0 Å². The van der Waals surface area contributed by atoms with Gasteiger partial charge in [-0.2, -0.15) is 11.3 Å². The minimum absolute atomic E-state index is 0.628. The van der Waals surface area contributed by atoms with E-state index < -0.39 is 0 Å². The predicted molar refractivity (Wildman–Crippen MR) is 34.5 cm³/mol. The Hall–Kier alpha value is -0.340.